The van der Waals surface area contributed by atoms with E-state index in [2.05, 4.69) is 24.4 Å². The molecule has 0 saturated carbocycles. The van der Waals surface area contributed by atoms with Crippen LogP contribution in [0, 0.1) is 12.8 Å². The third kappa shape index (κ3) is 3.70. The first-order valence-corrected chi connectivity index (χ1v) is 9.19. The van der Waals surface area contributed by atoms with Gasteiger partial charge in [0.15, 0.2) is 5.79 Å². The molecule has 23 heavy (non-hydrogen) atoms. The molecule has 2 saturated heterocycles. The van der Waals surface area contributed by atoms with E-state index in [9.17, 15) is 4.79 Å². The van der Waals surface area contributed by atoms with Gasteiger partial charge in [-0.05, 0) is 45.7 Å². The zero-order valence-corrected chi connectivity index (χ0v) is 14.9. The van der Waals surface area contributed by atoms with Crippen molar-refractivity contribution >= 4 is 17.4 Å². The molecule has 3 rings (SSSR count). The Morgan fingerprint density at radius 3 is 2.57 bits per heavy atom. The highest BCUT2D eigenvalue weighted by molar-refractivity contribution is 7.12. The molecule has 1 aromatic rings. The normalized spacial score (nSPS) is 23.0. The lowest BCUT2D eigenvalue weighted by Crippen LogP contribution is -2.49. The molecule has 0 aromatic carbocycles. The second-order valence-electron chi connectivity index (χ2n) is 6.59. The average Bonchev–Trinajstić information content (AvgIpc) is 3.17. The lowest BCUT2D eigenvalue weighted by Gasteiger charge is -2.39. The molecule has 1 unspecified atom stereocenters. The van der Waals surface area contributed by atoms with E-state index in [1.807, 2.05) is 18.7 Å². The third-order valence-electron chi connectivity index (χ3n) is 4.91. The van der Waals surface area contributed by atoms with Gasteiger partial charge in [0.05, 0.1) is 19.3 Å². The molecular formula is C17H26N2O3S. The lowest BCUT2D eigenvalue weighted by molar-refractivity contribution is -0.189. The number of carbonyl (C=O) groups excluding carboxylic acids is 1. The van der Waals surface area contributed by atoms with Crippen molar-refractivity contribution in [3.63, 3.8) is 0 Å². The average molecular weight is 338 g/mol. The maximum atomic E-state index is 12.5. The van der Waals surface area contributed by atoms with Crippen LogP contribution in [0.25, 0.3) is 0 Å². The molecule has 2 aliphatic heterocycles. The number of urea groups is 1. The van der Waals surface area contributed by atoms with Crippen molar-refractivity contribution in [3.05, 3.63) is 21.9 Å². The first-order valence-electron chi connectivity index (χ1n) is 8.37. The number of rotatable bonds is 3. The summed E-state index contributed by atoms with van der Waals surface area (Å²) in [6, 6.07) is 4.27. The molecule has 2 amide bonds. The number of hydrogen-bond donors (Lipinski definition) is 1. The van der Waals surface area contributed by atoms with Gasteiger partial charge in [0.1, 0.15) is 0 Å². The summed E-state index contributed by atoms with van der Waals surface area (Å²) < 4.78 is 11.5. The quantitative estimate of drug-likeness (QED) is 0.920. The summed E-state index contributed by atoms with van der Waals surface area (Å²) in [4.78, 5) is 16.8. The number of nitrogens with zero attached hydrogens (tertiary/aromatic N) is 1. The van der Waals surface area contributed by atoms with Crippen molar-refractivity contribution in [2.45, 2.75) is 45.4 Å². The monoisotopic (exact) mass is 338 g/mol. The maximum Gasteiger partial charge on any atom is 0.317 e. The molecule has 1 N–H and O–H groups in total. The molecule has 3 heterocycles. The zero-order valence-electron chi connectivity index (χ0n) is 14.1. The second kappa shape index (κ2) is 6.79. The van der Waals surface area contributed by atoms with Crippen molar-refractivity contribution in [2.75, 3.05) is 26.3 Å². The predicted octanol–water partition coefficient (Wildman–Crippen LogP) is 3.30. The van der Waals surface area contributed by atoms with Crippen LogP contribution >= 0.6 is 11.3 Å². The van der Waals surface area contributed by atoms with Crippen molar-refractivity contribution < 1.29 is 14.3 Å². The fourth-order valence-electron chi connectivity index (χ4n) is 3.41. The molecule has 0 bridgehead atoms. The summed E-state index contributed by atoms with van der Waals surface area (Å²) in [5.74, 6) is -0.0870. The van der Waals surface area contributed by atoms with Gasteiger partial charge in [0, 0.05) is 28.8 Å². The topological polar surface area (TPSA) is 50.8 Å². The number of piperidine rings is 1. The number of aryl methyl sites for hydroxylation is 1. The van der Waals surface area contributed by atoms with E-state index in [-0.39, 0.29) is 12.1 Å². The smallest absolute Gasteiger partial charge is 0.317 e. The first-order chi connectivity index (χ1) is 11.0. The summed E-state index contributed by atoms with van der Waals surface area (Å²) in [5.41, 5.74) is 0. The second-order valence-corrected chi connectivity index (χ2v) is 7.91. The largest absolute Gasteiger partial charge is 0.348 e. The van der Waals surface area contributed by atoms with Crippen LogP contribution in [0.4, 0.5) is 4.79 Å². The molecule has 1 aromatic heterocycles. The number of hydrogen-bond acceptors (Lipinski definition) is 4. The summed E-state index contributed by atoms with van der Waals surface area (Å²) in [6.07, 6.45) is 1.85. The Balaban J connectivity index is 1.50. The summed E-state index contributed by atoms with van der Waals surface area (Å²) >= 11 is 1.73. The van der Waals surface area contributed by atoms with Crippen molar-refractivity contribution in [1.29, 1.82) is 0 Å². The van der Waals surface area contributed by atoms with E-state index in [0.717, 1.165) is 25.9 Å². The van der Waals surface area contributed by atoms with Crippen LogP contribution in [-0.2, 0) is 9.47 Å². The molecule has 0 spiro atoms. The van der Waals surface area contributed by atoms with E-state index >= 15 is 0 Å². The van der Waals surface area contributed by atoms with Gasteiger partial charge in [-0.3, -0.25) is 0 Å². The van der Waals surface area contributed by atoms with E-state index in [1.54, 1.807) is 11.3 Å². The van der Waals surface area contributed by atoms with Crippen LogP contribution in [0.2, 0.25) is 0 Å². The van der Waals surface area contributed by atoms with E-state index < -0.39 is 5.79 Å². The maximum absolute atomic E-state index is 12.5. The van der Waals surface area contributed by atoms with Crippen LogP contribution in [0.5, 0.6) is 0 Å². The minimum absolute atomic E-state index is 0.0282. The van der Waals surface area contributed by atoms with Gasteiger partial charge >= 0.3 is 6.03 Å². The van der Waals surface area contributed by atoms with Crippen LogP contribution in [-0.4, -0.2) is 43.0 Å². The van der Waals surface area contributed by atoms with E-state index in [0.29, 0.717) is 19.1 Å². The fourth-order valence-corrected chi connectivity index (χ4v) is 4.29. The minimum Gasteiger partial charge on any atom is -0.348 e. The number of amides is 2. The Labute approximate surface area is 142 Å². The fraction of sp³-hybridized carbons (Fsp3) is 0.706. The van der Waals surface area contributed by atoms with Crippen molar-refractivity contribution in [1.82, 2.24) is 10.2 Å². The highest BCUT2D eigenvalue weighted by Crippen LogP contribution is 2.35. The highest BCUT2D eigenvalue weighted by Gasteiger charge is 2.41. The standard InChI is InChI=1S/C17H26N2O3S/c1-12-4-5-15(23-12)13(2)18-16(20)19-8-6-14(7-9-19)17(3)21-10-11-22-17/h4-5,13-14H,6-11H2,1-3H3,(H,18,20). The molecule has 2 aliphatic rings. The third-order valence-corrected chi connectivity index (χ3v) is 6.10. The Bertz CT molecular complexity index is 546. The van der Waals surface area contributed by atoms with Gasteiger partial charge in [0.2, 0.25) is 0 Å². The van der Waals surface area contributed by atoms with Gasteiger partial charge in [-0.15, -0.1) is 11.3 Å². The number of carbonyl (C=O) groups is 1. The predicted molar refractivity (Wildman–Crippen MR) is 90.6 cm³/mol. The minimum atomic E-state index is -0.454. The summed E-state index contributed by atoms with van der Waals surface area (Å²) in [5, 5.41) is 3.11. The lowest BCUT2D eigenvalue weighted by atomic mass is 9.89. The Kier molecular flexibility index (Phi) is 4.94. The molecule has 0 aliphatic carbocycles. The number of likely N-dealkylation sites (tertiary alicyclic amines) is 1. The summed E-state index contributed by atoms with van der Waals surface area (Å²) in [7, 11) is 0. The molecule has 0 radical (unpaired) electrons. The van der Waals surface area contributed by atoms with E-state index in [1.165, 1.54) is 9.75 Å². The SMILES string of the molecule is Cc1ccc(C(C)NC(=O)N2CCC(C3(C)OCCO3)CC2)s1. The Morgan fingerprint density at radius 2 is 2.00 bits per heavy atom. The van der Waals surface area contributed by atoms with Gasteiger partial charge < -0.3 is 19.7 Å². The van der Waals surface area contributed by atoms with Crippen LogP contribution in [0.15, 0.2) is 12.1 Å². The molecular weight excluding hydrogens is 312 g/mol. The number of ether oxygens (including phenoxy) is 2. The number of thiophene rings is 1. The molecule has 5 nitrogen and oxygen atoms in total. The highest BCUT2D eigenvalue weighted by atomic mass is 32.1. The van der Waals surface area contributed by atoms with Crippen molar-refractivity contribution in [3.8, 4) is 0 Å². The van der Waals surface area contributed by atoms with E-state index in [4.69, 9.17) is 9.47 Å². The van der Waals surface area contributed by atoms with Gasteiger partial charge in [-0.25, -0.2) is 4.79 Å². The van der Waals surface area contributed by atoms with Gasteiger partial charge in [0.25, 0.3) is 0 Å². The van der Waals surface area contributed by atoms with Crippen LogP contribution < -0.4 is 5.32 Å². The van der Waals surface area contributed by atoms with Gasteiger partial charge in [-0.1, -0.05) is 0 Å². The molecule has 6 heteroatoms. The van der Waals surface area contributed by atoms with Gasteiger partial charge in [-0.2, -0.15) is 0 Å². The van der Waals surface area contributed by atoms with Crippen LogP contribution in [0.3, 0.4) is 0 Å². The van der Waals surface area contributed by atoms with Crippen LogP contribution in [0.1, 0.15) is 42.5 Å². The molecule has 1 atom stereocenters. The van der Waals surface area contributed by atoms with Crippen molar-refractivity contribution in [2.24, 2.45) is 5.92 Å². The molecule has 2 fully saturated rings. The first kappa shape index (κ1) is 16.7. The Morgan fingerprint density at radius 1 is 1.35 bits per heavy atom. The molecule has 128 valence electrons. The zero-order chi connectivity index (χ0) is 16.4. The summed E-state index contributed by atoms with van der Waals surface area (Å²) in [6.45, 7) is 9.02. The Hall–Kier alpha value is -1.11. The number of nitrogens with one attached hydrogen (secondary N) is 1.